The minimum Gasteiger partial charge on any atom is -0.484 e. The Morgan fingerprint density at radius 1 is 1.10 bits per heavy atom. The predicted molar refractivity (Wildman–Crippen MR) is 117 cm³/mol. The number of rotatable bonds is 7. The number of aromatic nitrogens is 3. The monoisotopic (exact) mass is 470 g/mol. The molecular weight excluding hydrogens is 455 g/mol. The van der Waals surface area contributed by atoms with Crippen LogP contribution in [0.1, 0.15) is 11.4 Å². The fourth-order valence-corrected chi connectivity index (χ4v) is 3.56. The van der Waals surface area contributed by atoms with Crippen LogP contribution < -0.4 is 10.1 Å². The second-order valence-corrected chi connectivity index (χ2v) is 8.31. The summed E-state index contributed by atoms with van der Waals surface area (Å²) in [5.41, 5.74) is 1.62. The number of anilines is 1. The topological polar surface area (TPSA) is 69.0 Å². The van der Waals surface area contributed by atoms with Gasteiger partial charge in [-0.25, -0.2) is 0 Å². The van der Waals surface area contributed by atoms with Gasteiger partial charge in [0.25, 0.3) is 0 Å². The van der Waals surface area contributed by atoms with Crippen LogP contribution in [-0.4, -0.2) is 26.4 Å². The van der Waals surface area contributed by atoms with Crippen LogP contribution in [0.25, 0.3) is 0 Å². The van der Waals surface area contributed by atoms with E-state index in [1.54, 1.807) is 28.8 Å². The number of ether oxygens (including phenoxy) is 1. The van der Waals surface area contributed by atoms with Crippen molar-refractivity contribution in [3.05, 3.63) is 62.9 Å². The van der Waals surface area contributed by atoms with Crippen LogP contribution in [0.5, 0.6) is 5.75 Å². The number of amides is 1. The van der Waals surface area contributed by atoms with Crippen molar-refractivity contribution in [2.75, 3.05) is 11.1 Å². The summed E-state index contributed by atoms with van der Waals surface area (Å²) < 4.78 is 7.53. The second-order valence-electron chi connectivity index (χ2n) is 6.15. The molecule has 0 radical (unpaired) electrons. The summed E-state index contributed by atoms with van der Waals surface area (Å²) in [5.74, 6) is 1.18. The normalized spacial score (nSPS) is 10.8. The van der Waals surface area contributed by atoms with E-state index in [-0.39, 0.29) is 18.3 Å². The summed E-state index contributed by atoms with van der Waals surface area (Å²) >= 11 is 19.2. The van der Waals surface area contributed by atoms with E-state index < -0.39 is 0 Å². The van der Waals surface area contributed by atoms with Gasteiger partial charge in [0.2, 0.25) is 5.91 Å². The number of hydrogen-bond donors (Lipinski definition) is 1. The molecule has 0 fully saturated rings. The number of carbonyl (C=O) groups excluding carboxylic acids is 1. The molecule has 0 bridgehead atoms. The maximum absolute atomic E-state index is 12.2. The van der Waals surface area contributed by atoms with E-state index in [4.69, 9.17) is 39.5 Å². The SMILES string of the molecule is Cc1ccc(Cl)c(OCc2nnc(SCC(=O)Nc3ccc(Cl)c(Cl)c3)n2C)c1. The van der Waals surface area contributed by atoms with Gasteiger partial charge in [-0.2, -0.15) is 0 Å². The van der Waals surface area contributed by atoms with Gasteiger partial charge in [-0.3, -0.25) is 4.79 Å². The first-order valence-corrected chi connectivity index (χ1v) is 10.6. The standard InChI is InChI=1S/C19H17Cl3N4O2S/c1-11-3-5-14(21)16(7-11)28-9-17-24-25-19(26(17)2)29-10-18(27)23-12-4-6-13(20)15(22)8-12/h3-8H,9-10H2,1-2H3,(H,23,27). The third-order valence-corrected chi connectivity index (χ3v) is 5.98. The Balaban J connectivity index is 1.55. The van der Waals surface area contributed by atoms with Crippen LogP contribution in [-0.2, 0) is 18.4 Å². The summed E-state index contributed by atoms with van der Waals surface area (Å²) in [7, 11) is 1.82. The first-order valence-electron chi connectivity index (χ1n) is 8.48. The number of thioether (sulfide) groups is 1. The molecule has 1 amide bonds. The molecule has 10 heteroatoms. The van der Waals surface area contributed by atoms with Crippen LogP contribution in [0.2, 0.25) is 15.1 Å². The van der Waals surface area contributed by atoms with Gasteiger partial charge in [0.15, 0.2) is 11.0 Å². The number of halogens is 3. The van der Waals surface area contributed by atoms with E-state index in [2.05, 4.69) is 15.5 Å². The predicted octanol–water partition coefficient (Wildman–Crippen LogP) is 5.39. The Labute approximate surface area is 187 Å². The maximum atomic E-state index is 12.2. The lowest BCUT2D eigenvalue weighted by Gasteiger charge is -2.09. The van der Waals surface area contributed by atoms with Crippen molar-refractivity contribution in [3.8, 4) is 5.75 Å². The van der Waals surface area contributed by atoms with Gasteiger partial charge in [-0.15, -0.1) is 10.2 Å². The number of hydrogen-bond acceptors (Lipinski definition) is 5. The number of aryl methyl sites for hydroxylation is 1. The van der Waals surface area contributed by atoms with Gasteiger partial charge in [-0.05, 0) is 42.8 Å². The zero-order valence-corrected chi connectivity index (χ0v) is 18.7. The highest BCUT2D eigenvalue weighted by atomic mass is 35.5. The highest BCUT2D eigenvalue weighted by molar-refractivity contribution is 7.99. The number of nitrogens with one attached hydrogen (secondary N) is 1. The van der Waals surface area contributed by atoms with Crippen molar-refractivity contribution in [2.45, 2.75) is 18.7 Å². The lowest BCUT2D eigenvalue weighted by molar-refractivity contribution is -0.113. The smallest absolute Gasteiger partial charge is 0.234 e. The van der Waals surface area contributed by atoms with Gasteiger partial charge >= 0.3 is 0 Å². The fourth-order valence-electron chi connectivity index (χ4n) is 2.36. The molecule has 1 aromatic heterocycles. The second kappa shape index (κ2) is 9.71. The molecular formula is C19H17Cl3N4O2S. The maximum Gasteiger partial charge on any atom is 0.234 e. The van der Waals surface area contributed by atoms with Gasteiger partial charge in [-0.1, -0.05) is 52.6 Å². The van der Waals surface area contributed by atoms with Crippen molar-refractivity contribution >= 4 is 58.2 Å². The third-order valence-electron chi connectivity index (χ3n) is 3.90. The van der Waals surface area contributed by atoms with Crippen LogP contribution in [0.3, 0.4) is 0 Å². The van der Waals surface area contributed by atoms with E-state index in [9.17, 15) is 4.79 Å². The number of benzene rings is 2. The molecule has 0 aliphatic heterocycles. The summed E-state index contributed by atoms with van der Waals surface area (Å²) in [6.07, 6.45) is 0. The molecule has 3 rings (SSSR count). The molecule has 0 saturated heterocycles. The van der Waals surface area contributed by atoms with Crippen molar-refractivity contribution < 1.29 is 9.53 Å². The lowest BCUT2D eigenvalue weighted by atomic mass is 10.2. The zero-order valence-electron chi connectivity index (χ0n) is 15.6. The number of nitrogens with zero attached hydrogens (tertiary/aromatic N) is 3. The Morgan fingerprint density at radius 3 is 2.62 bits per heavy atom. The molecule has 0 spiro atoms. The molecule has 1 heterocycles. The van der Waals surface area contributed by atoms with Crippen LogP contribution in [0.15, 0.2) is 41.6 Å². The average molecular weight is 472 g/mol. The van der Waals surface area contributed by atoms with Crippen LogP contribution in [0.4, 0.5) is 5.69 Å². The summed E-state index contributed by atoms with van der Waals surface area (Å²) in [6.45, 7) is 2.17. The van der Waals surface area contributed by atoms with Crippen LogP contribution in [0, 0.1) is 6.92 Å². The molecule has 0 aliphatic rings. The lowest BCUT2D eigenvalue weighted by Crippen LogP contribution is -2.14. The van der Waals surface area contributed by atoms with E-state index in [0.29, 0.717) is 37.5 Å². The first kappa shape index (κ1) is 21.8. The van der Waals surface area contributed by atoms with E-state index in [1.165, 1.54) is 11.8 Å². The summed E-state index contributed by atoms with van der Waals surface area (Å²) in [4.78, 5) is 12.2. The Hall–Kier alpha value is -1.93. The quantitative estimate of drug-likeness (QED) is 0.468. The van der Waals surface area contributed by atoms with Crippen molar-refractivity contribution in [2.24, 2.45) is 7.05 Å². The molecule has 152 valence electrons. The minimum absolute atomic E-state index is 0.163. The molecule has 0 atom stereocenters. The van der Waals surface area contributed by atoms with Crippen molar-refractivity contribution in [3.63, 3.8) is 0 Å². The Bertz CT molecular complexity index is 1040. The molecule has 0 aliphatic carbocycles. The van der Waals surface area contributed by atoms with Gasteiger partial charge in [0.05, 0.1) is 20.8 Å². The molecule has 3 aromatic rings. The van der Waals surface area contributed by atoms with Gasteiger partial charge in [0, 0.05) is 12.7 Å². The Morgan fingerprint density at radius 2 is 1.86 bits per heavy atom. The largest absolute Gasteiger partial charge is 0.484 e. The summed E-state index contributed by atoms with van der Waals surface area (Å²) in [5, 5.41) is 13.0. The van der Waals surface area contributed by atoms with Gasteiger partial charge < -0.3 is 14.6 Å². The fraction of sp³-hybridized carbons (Fsp3) is 0.211. The third kappa shape index (κ3) is 5.79. The van der Waals surface area contributed by atoms with E-state index >= 15 is 0 Å². The minimum atomic E-state index is -0.194. The first-order chi connectivity index (χ1) is 13.8. The highest BCUT2D eigenvalue weighted by Crippen LogP contribution is 2.27. The summed E-state index contributed by atoms with van der Waals surface area (Å²) in [6, 6.07) is 10.5. The molecule has 0 saturated carbocycles. The van der Waals surface area contributed by atoms with Crippen molar-refractivity contribution in [1.29, 1.82) is 0 Å². The average Bonchev–Trinajstić information content (AvgIpc) is 3.03. The molecule has 2 aromatic carbocycles. The van der Waals surface area contributed by atoms with Gasteiger partial charge in [0.1, 0.15) is 12.4 Å². The molecule has 6 nitrogen and oxygen atoms in total. The Kier molecular flexibility index (Phi) is 7.29. The molecule has 1 N–H and O–H groups in total. The van der Waals surface area contributed by atoms with Crippen molar-refractivity contribution in [1.82, 2.24) is 14.8 Å². The molecule has 0 unspecified atom stereocenters. The molecule has 29 heavy (non-hydrogen) atoms. The van der Waals surface area contributed by atoms with E-state index in [1.807, 2.05) is 26.1 Å². The van der Waals surface area contributed by atoms with Crippen LogP contribution >= 0.6 is 46.6 Å². The zero-order chi connectivity index (χ0) is 21.0. The number of carbonyl (C=O) groups is 1. The highest BCUT2D eigenvalue weighted by Gasteiger charge is 2.13. The van der Waals surface area contributed by atoms with E-state index in [0.717, 1.165) is 5.56 Å².